The van der Waals surface area contributed by atoms with Crippen molar-refractivity contribution in [2.75, 3.05) is 19.6 Å². The fourth-order valence-electron chi connectivity index (χ4n) is 2.00. The molecule has 2 N–H and O–H groups in total. The first-order valence-electron chi connectivity index (χ1n) is 5.37. The van der Waals surface area contributed by atoms with E-state index in [-0.39, 0.29) is 11.4 Å². The van der Waals surface area contributed by atoms with E-state index in [1.807, 2.05) is 4.90 Å². The Labute approximate surface area is 100.0 Å². The van der Waals surface area contributed by atoms with Crippen LogP contribution in [0.15, 0.2) is 12.3 Å². The van der Waals surface area contributed by atoms with Gasteiger partial charge in [-0.3, -0.25) is 4.79 Å². The highest BCUT2D eigenvalue weighted by molar-refractivity contribution is 6.30. The second kappa shape index (κ2) is 4.11. The number of aromatic amines is 1. The summed E-state index contributed by atoms with van der Waals surface area (Å²) in [5.41, 5.74) is 0.396. The third-order valence-corrected chi connectivity index (χ3v) is 3.14. The van der Waals surface area contributed by atoms with E-state index in [1.54, 1.807) is 12.3 Å². The lowest BCUT2D eigenvalue weighted by atomic mass is 10.00. The SMILES string of the molecule is CC1(C)CNCCN1C(=O)c1cc(Cl)c[nH]1. The molecule has 2 heterocycles. The number of amides is 1. The highest BCUT2D eigenvalue weighted by Gasteiger charge is 2.34. The summed E-state index contributed by atoms with van der Waals surface area (Å²) in [6, 6.07) is 1.67. The second-order valence-corrected chi connectivity index (χ2v) is 5.11. The highest BCUT2D eigenvalue weighted by atomic mass is 35.5. The molecule has 0 saturated carbocycles. The van der Waals surface area contributed by atoms with Crippen LogP contribution in [0.5, 0.6) is 0 Å². The van der Waals surface area contributed by atoms with Gasteiger partial charge in [-0.05, 0) is 19.9 Å². The zero-order valence-electron chi connectivity index (χ0n) is 9.51. The fraction of sp³-hybridized carbons (Fsp3) is 0.545. The average molecular weight is 242 g/mol. The molecule has 0 atom stereocenters. The van der Waals surface area contributed by atoms with Gasteiger partial charge in [0.15, 0.2) is 0 Å². The van der Waals surface area contributed by atoms with Crippen molar-refractivity contribution >= 4 is 17.5 Å². The Morgan fingerprint density at radius 2 is 2.31 bits per heavy atom. The molecular formula is C11H16ClN3O. The zero-order chi connectivity index (χ0) is 11.8. The van der Waals surface area contributed by atoms with Crippen LogP contribution in [0.1, 0.15) is 24.3 Å². The summed E-state index contributed by atoms with van der Waals surface area (Å²) in [6.45, 7) is 6.49. The molecule has 0 aliphatic carbocycles. The van der Waals surface area contributed by atoms with Gasteiger partial charge in [0.25, 0.3) is 5.91 Å². The smallest absolute Gasteiger partial charge is 0.270 e. The Morgan fingerprint density at radius 1 is 1.56 bits per heavy atom. The third-order valence-electron chi connectivity index (χ3n) is 2.92. The molecule has 2 rings (SSSR count). The van der Waals surface area contributed by atoms with E-state index in [1.165, 1.54) is 0 Å². The van der Waals surface area contributed by atoms with Crippen LogP contribution in [0.2, 0.25) is 5.02 Å². The Kier molecular flexibility index (Phi) is 2.95. The lowest BCUT2D eigenvalue weighted by molar-refractivity contribution is 0.0472. The van der Waals surface area contributed by atoms with E-state index >= 15 is 0 Å². The van der Waals surface area contributed by atoms with Gasteiger partial charge >= 0.3 is 0 Å². The van der Waals surface area contributed by atoms with Crippen molar-refractivity contribution in [3.8, 4) is 0 Å². The molecule has 88 valence electrons. The first kappa shape index (κ1) is 11.5. The van der Waals surface area contributed by atoms with Crippen LogP contribution in [-0.4, -0.2) is 41.0 Å². The first-order valence-corrected chi connectivity index (χ1v) is 5.75. The normalized spacial score (nSPS) is 19.8. The van der Waals surface area contributed by atoms with Crippen LogP contribution in [0.25, 0.3) is 0 Å². The molecule has 0 bridgehead atoms. The molecule has 0 spiro atoms. The Bertz CT molecular complexity index is 400. The van der Waals surface area contributed by atoms with Crippen molar-refractivity contribution in [1.29, 1.82) is 0 Å². The van der Waals surface area contributed by atoms with E-state index in [0.29, 0.717) is 10.7 Å². The van der Waals surface area contributed by atoms with Gasteiger partial charge in [0.1, 0.15) is 5.69 Å². The summed E-state index contributed by atoms with van der Waals surface area (Å²) in [5, 5.41) is 3.85. The lowest BCUT2D eigenvalue weighted by Gasteiger charge is -2.42. The van der Waals surface area contributed by atoms with Crippen LogP contribution in [0, 0.1) is 0 Å². The highest BCUT2D eigenvalue weighted by Crippen LogP contribution is 2.20. The van der Waals surface area contributed by atoms with Crippen molar-refractivity contribution < 1.29 is 4.79 Å². The summed E-state index contributed by atoms with van der Waals surface area (Å²) >= 11 is 5.80. The number of aromatic nitrogens is 1. The summed E-state index contributed by atoms with van der Waals surface area (Å²) in [7, 11) is 0. The van der Waals surface area contributed by atoms with Crippen LogP contribution in [-0.2, 0) is 0 Å². The molecule has 4 nitrogen and oxygen atoms in total. The van der Waals surface area contributed by atoms with E-state index in [9.17, 15) is 4.79 Å². The maximum Gasteiger partial charge on any atom is 0.270 e. The summed E-state index contributed by atoms with van der Waals surface area (Å²) in [4.78, 5) is 17.0. The van der Waals surface area contributed by atoms with Crippen molar-refractivity contribution in [3.63, 3.8) is 0 Å². The van der Waals surface area contributed by atoms with E-state index < -0.39 is 0 Å². The van der Waals surface area contributed by atoms with Crippen LogP contribution in [0.4, 0.5) is 0 Å². The molecule has 1 aliphatic heterocycles. The minimum atomic E-state index is -0.160. The number of hydrogen-bond acceptors (Lipinski definition) is 2. The van der Waals surface area contributed by atoms with Gasteiger partial charge in [-0.25, -0.2) is 0 Å². The number of nitrogens with one attached hydrogen (secondary N) is 2. The Balaban J connectivity index is 2.20. The molecule has 0 radical (unpaired) electrons. The number of carbonyl (C=O) groups is 1. The summed E-state index contributed by atoms with van der Waals surface area (Å²) in [6.07, 6.45) is 1.63. The molecule has 1 fully saturated rings. The number of H-pyrrole nitrogens is 1. The fourth-order valence-corrected chi connectivity index (χ4v) is 2.16. The number of nitrogens with zero attached hydrogens (tertiary/aromatic N) is 1. The minimum absolute atomic E-state index is 0.0124. The molecule has 1 amide bonds. The third kappa shape index (κ3) is 2.08. The predicted molar refractivity (Wildman–Crippen MR) is 63.8 cm³/mol. The largest absolute Gasteiger partial charge is 0.356 e. The molecule has 5 heteroatoms. The topological polar surface area (TPSA) is 48.1 Å². The lowest BCUT2D eigenvalue weighted by Crippen LogP contribution is -2.59. The second-order valence-electron chi connectivity index (χ2n) is 4.68. The van der Waals surface area contributed by atoms with Crippen molar-refractivity contribution in [3.05, 3.63) is 23.0 Å². The molecule has 0 aromatic carbocycles. The van der Waals surface area contributed by atoms with Gasteiger partial charge in [0.05, 0.1) is 10.6 Å². The molecular weight excluding hydrogens is 226 g/mol. The molecule has 0 unspecified atom stereocenters. The van der Waals surface area contributed by atoms with E-state index in [4.69, 9.17) is 11.6 Å². The molecule has 1 aromatic heterocycles. The van der Waals surface area contributed by atoms with Gasteiger partial charge < -0.3 is 15.2 Å². The number of piperazine rings is 1. The molecule has 1 saturated heterocycles. The monoisotopic (exact) mass is 241 g/mol. The predicted octanol–water partition coefficient (Wildman–Crippen LogP) is 1.49. The zero-order valence-corrected chi connectivity index (χ0v) is 10.3. The average Bonchev–Trinajstić information content (AvgIpc) is 2.63. The summed E-state index contributed by atoms with van der Waals surface area (Å²) in [5.74, 6) is 0.0124. The minimum Gasteiger partial charge on any atom is -0.356 e. The Hall–Kier alpha value is -1.00. The molecule has 16 heavy (non-hydrogen) atoms. The number of hydrogen-bond donors (Lipinski definition) is 2. The van der Waals surface area contributed by atoms with Gasteiger partial charge in [-0.2, -0.15) is 0 Å². The Morgan fingerprint density at radius 3 is 2.88 bits per heavy atom. The van der Waals surface area contributed by atoms with Crippen LogP contribution < -0.4 is 5.32 Å². The van der Waals surface area contributed by atoms with Crippen LogP contribution in [0.3, 0.4) is 0 Å². The quantitative estimate of drug-likeness (QED) is 0.783. The first-order chi connectivity index (χ1) is 7.50. The van der Waals surface area contributed by atoms with Crippen LogP contribution >= 0.6 is 11.6 Å². The van der Waals surface area contributed by atoms with Crippen molar-refractivity contribution in [2.45, 2.75) is 19.4 Å². The standard InChI is InChI=1S/C11H16ClN3O/c1-11(2)7-13-3-4-15(11)10(16)9-5-8(12)6-14-9/h5-6,13-14H,3-4,7H2,1-2H3. The van der Waals surface area contributed by atoms with Crippen molar-refractivity contribution in [1.82, 2.24) is 15.2 Å². The maximum absolute atomic E-state index is 12.2. The number of rotatable bonds is 1. The van der Waals surface area contributed by atoms with E-state index in [2.05, 4.69) is 24.1 Å². The number of halogens is 1. The van der Waals surface area contributed by atoms with Gasteiger partial charge in [-0.1, -0.05) is 11.6 Å². The van der Waals surface area contributed by atoms with Gasteiger partial charge in [-0.15, -0.1) is 0 Å². The maximum atomic E-state index is 12.2. The van der Waals surface area contributed by atoms with Gasteiger partial charge in [0.2, 0.25) is 0 Å². The molecule has 1 aromatic rings. The van der Waals surface area contributed by atoms with Gasteiger partial charge in [0, 0.05) is 25.8 Å². The van der Waals surface area contributed by atoms with Crippen molar-refractivity contribution in [2.24, 2.45) is 0 Å². The van der Waals surface area contributed by atoms with E-state index in [0.717, 1.165) is 19.6 Å². The summed E-state index contributed by atoms with van der Waals surface area (Å²) < 4.78 is 0. The number of carbonyl (C=O) groups excluding carboxylic acids is 1. The molecule has 1 aliphatic rings.